The van der Waals surface area contributed by atoms with Crippen LogP contribution in [0.5, 0.6) is 11.5 Å². The average molecular weight is 354 g/mol. The fraction of sp³-hybridized carbons (Fsp3) is 0.636. The molecular formula is C22H28NO3+. The average Bonchev–Trinajstić information content (AvgIpc) is 3.37. The second-order valence-electron chi connectivity index (χ2n) is 9.46. The zero-order chi connectivity index (χ0) is 17.7. The SMILES string of the molecule is COc1ccc2c3c1O[C@H]1[C@@H](O)C=C[C@H]4[C@@H](C2)[N+](C)(CC2CC2)CC[C@@]341. The van der Waals surface area contributed by atoms with Gasteiger partial charge in [-0.2, -0.15) is 0 Å². The molecule has 5 aliphatic rings. The Hall–Kier alpha value is -1.52. The largest absolute Gasteiger partial charge is 0.493 e. The Morgan fingerprint density at radius 3 is 2.92 bits per heavy atom. The number of nitrogens with zero attached hydrogens (tertiary/aromatic N) is 1. The lowest BCUT2D eigenvalue weighted by Gasteiger charge is -2.60. The van der Waals surface area contributed by atoms with Gasteiger partial charge in [-0.1, -0.05) is 18.2 Å². The summed E-state index contributed by atoms with van der Waals surface area (Å²) in [5.41, 5.74) is 2.70. The maximum absolute atomic E-state index is 10.8. The zero-order valence-electron chi connectivity index (χ0n) is 15.6. The van der Waals surface area contributed by atoms with Crippen LogP contribution in [0.1, 0.15) is 30.4 Å². The highest BCUT2D eigenvalue weighted by atomic mass is 16.5. The first-order valence-electron chi connectivity index (χ1n) is 10.1. The number of likely N-dealkylation sites (N-methyl/N-ethyl adjacent to an activating group) is 1. The molecular weight excluding hydrogens is 326 g/mol. The summed E-state index contributed by atoms with van der Waals surface area (Å²) in [5, 5.41) is 10.8. The van der Waals surface area contributed by atoms with Crippen LogP contribution < -0.4 is 9.47 Å². The number of likely N-dealkylation sites (tertiary alicyclic amines) is 1. The molecule has 1 saturated heterocycles. The molecule has 1 N–H and O–H groups in total. The summed E-state index contributed by atoms with van der Waals surface area (Å²) in [6.45, 7) is 2.51. The van der Waals surface area contributed by atoms with Crippen LogP contribution in [0.15, 0.2) is 24.3 Å². The monoisotopic (exact) mass is 354 g/mol. The molecule has 4 heteroatoms. The molecule has 3 aliphatic carbocycles. The number of rotatable bonds is 3. The maximum Gasteiger partial charge on any atom is 0.165 e. The van der Waals surface area contributed by atoms with E-state index in [0.29, 0.717) is 12.0 Å². The Morgan fingerprint density at radius 1 is 1.31 bits per heavy atom. The molecule has 2 heterocycles. The van der Waals surface area contributed by atoms with E-state index in [-0.39, 0.29) is 11.5 Å². The van der Waals surface area contributed by atoms with Gasteiger partial charge in [0.1, 0.15) is 18.2 Å². The Bertz CT molecular complexity index is 816. The number of benzene rings is 1. The van der Waals surface area contributed by atoms with Gasteiger partial charge in [0.15, 0.2) is 11.5 Å². The molecule has 4 nitrogen and oxygen atoms in total. The summed E-state index contributed by atoms with van der Waals surface area (Å²) in [6, 6.07) is 4.90. The van der Waals surface area contributed by atoms with Crippen LogP contribution in [0.3, 0.4) is 0 Å². The fourth-order valence-electron chi connectivity index (χ4n) is 6.76. The van der Waals surface area contributed by atoms with E-state index in [1.54, 1.807) is 7.11 Å². The predicted molar refractivity (Wildman–Crippen MR) is 98.5 cm³/mol. The third kappa shape index (κ3) is 1.73. The summed E-state index contributed by atoms with van der Waals surface area (Å²) in [7, 11) is 4.19. The Balaban J connectivity index is 1.56. The maximum atomic E-state index is 10.8. The summed E-state index contributed by atoms with van der Waals surface area (Å²) in [4.78, 5) is 0. The van der Waals surface area contributed by atoms with Crippen molar-refractivity contribution in [3.05, 3.63) is 35.4 Å². The van der Waals surface area contributed by atoms with E-state index >= 15 is 0 Å². The minimum Gasteiger partial charge on any atom is -0.493 e. The van der Waals surface area contributed by atoms with Gasteiger partial charge in [-0.15, -0.1) is 0 Å². The van der Waals surface area contributed by atoms with E-state index in [2.05, 4.69) is 25.3 Å². The lowest BCUT2D eigenvalue weighted by molar-refractivity contribution is -0.945. The van der Waals surface area contributed by atoms with E-state index in [1.807, 2.05) is 6.08 Å². The molecule has 2 fully saturated rings. The lowest BCUT2D eigenvalue weighted by Crippen LogP contribution is -2.71. The summed E-state index contributed by atoms with van der Waals surface area (Å²) >= 11 is 0. The quantitative estimate of drug-likeness (QED) is 0.669. The van der Waals surface area contributed by atoms with E-state index in [1.165, 1.54) is 41.5 Å². The molecule has 6 rings (SSSR count). The number of quaternary nitrogens is 1. The Labute approximate surface area is 155 Å². The van der Waals surface area contributed by atoms with Crippen LogP contribution >= 0.6 is 0 Å². The fourth-order valence-corrected chi connectivity index (χ4v) is 6.76. The molecule has 2 bridgehead atoms. The van der Waals surface area contributed by atoms with Gasteiger partial charge in [0, 0.05) is 30.2 Å². The molecule has 0 radical (unpaired) electrons. The van der Waals surface area contributed by atoms with Crippen molar-refractivity contribution < 1.29 is 19.1 Å². The topological polar surface area (TPSA) is 38.7 Å². The number of hydrogen-bond donors (Lipinski definition) is 1. The van der Waals surface area contributed by atoms with Crippen molar-refractivity contribution in [2.75, 3.05) is 27.2 Å². The highest BCUT2D eigenvalue weighted by Crippen LogP contribution is 2.63. The van der Waals surface area contributed by atoms with Gasteiger partial charge in [-0.05, 0) is 24.5 Å². The Morgan fingerprint density at radius 2 is 2.15 bits per heavy atom. The van der Waals surface area contributed by atoms with Crippen molar-refractivity contribution in [3.8, 4) is 11.5 Å². The van der Waals surface area contributed by atoms with Gasteiger partial charge in [-0.25, -0.2) is 0 Å². The molecule has 0 amide bonds. The molecule has 138 valence electrons. The van der Waals surface area contributed by atoms with Crippen LogP contribution in [0, 0.1) is 11.8 Å². The third-order valence-corrected chi connectivity index (χ3v) is 8.12. The normalized spacial score (nSPS) is 44.4. The number of methoxy groups -OCH3 is 1. The van der Waals surface area contributed by atoms with Crippen LogP contribution in [-0.2, 0) is 11.8 Å². The van der Waals surface area contributed by atoms with E-state index in [4.69, 9.17) is 9.47 Å². The summed E-state index contributed by atoms with van der Waals surface area (Å²) in [5.74, 6) is 3.10. The van der Waals surface area contributed by atoms with Crippen LogP contribution in [-0.4, -0.2) is 55.1 Å². The molecule has 0 aromatic heterocycles. The summed E-state index contributed by atoms with van der Waals surface area (Å²) in [6.07, 6.45) is 8.65. The van der Waals surface area contributed by atoms with E-state index in [9.17, 15) is 5.11 Å². The van der Waals surface area contributed by atoms with Gasteiger partial charge < -0.3 is 19.1 Å². The number of aliphatic hydroxyl groups excluding tert-OH is 1. The first-order chi connectivity index (χ1) is 12.6. The smallest absolute Gasteiger partial charge is 0.165 e. The number of piperidine rings is 1. The van der Waals surface area contributed by atoms with Crippen molar-refractivity contribution in [1.29, 1.82) is 0 Å². The summed E-state index contributed by atoms with van der Waals surface area (Å²) < 4.78 is 13.2. The zero-order valence-corrected chi connectivity index (χ0v) is 15.6. The molecule has 1 unspecified atom stereocenters. The second kappa shape index (κ2) is 4.85. The van der Waals surface area contributed by atoms with Crippen molar-refractivity contribution in [2.45, 2.75) is 49.3 Å². The number of aliphatic hydroxyl groups is 1. The van der Waals surface area contributed by atoms with Crippen LogP contribution in [0.2, 0.25) is 0 Å². The van der Waals surface area contributed by atoms with Crippen molar-refractivity contribution in [1.82, 2.24) is 0 Å². The molecule has 1 aromatic carbocycles. The van der Waals surface area contributed by atoms with Gasteiger partial charge in [0.05, 0.1) is 32.7 Å². The minimum absolute atomic E-state index is 0.0718. The van der Waals surface area contributed by atoms with Gasteiger partial charge in [0.2, 0.25) is 0 Å². The van der Waals surface area contributed by atoms with Crippen molar-refractivity contribution in [3.63, 3.8) is 0 Å². The van der Waals surface area contributed by atoms with E-state index < -0.39 is 6.10 Å². The number of ether oxygens (including phenoxy) is 2. The van der Waals surface area contributed by atoms with Crippen molar-refractivity contribution in [2.24, 2.45) is 11.8 Å². The third-order valence-electron chi connectivity index (χ3n) is 8.12. The first-order valence-corrected chi connectivity index (χ1v) is 10.1. The first kappa shape index (κ1) is 15.5. The van der Waals surface area contributed by atoms with Gasteiger partial charge in [-0.3, -0.25) is 0 Å². The second-order valence-corrected chi connectivity index (χ2v) is 9.46. The minimum atomic E-state index is -0.532. The molecule has 1 saturated carbocycles. The van der Waals surface area contributed by atoms with Crippen LogP contribution in [0.25, 0.3) is 0 Å². The lowest BCUT2D eigenvalue weighted by atomic mass is 9.52. The number of hydrogen-bond acceptors (Lipinski definition) is 3. The van der Waals surface area contributed by atoms with E-state index in [0.717, 1.165) is 30.3 Å². The highest BCUT2D eigenvalue weighted by molar-refractivity contribution is 5.61. The Kier molecular flexibility index (Phi) is 2.89. The van der Waals surface area contributed by atoms with Gasteiger partial charge in [0.25, 0.3) is 0 Å². The molecule has 26 heavy (non-hydrogen) atoms. The molecule has 1 spiro atoms. The predicted octanol–water partition coefficient (Wildman–Crippen LogP) is 2.43. The van der Waals surface area contributed by atoms with Crippen molar-refractivity contribution >= 4 is 0 Å². The van der Waals surface area contributed by atoms with Gasteiger partial charge >= 0.3 is 0 Å². The standard InChI is InChI=1S/C22H28NO3/c1-23(12-13-3-4-13)10-9-22-15-6-7-17(24)21(22)26-20-18(25-2)8-5-14(19(20)22)11-16(15)23/h5-8,13,15-17,21,24H,3-4,9-12H2,1-2H3/q+1/t15-,16+,17-,21-,22-,23?/m0/s1. The molecule has 1 aromatic rings. The molecule has 6 atom stereocenters. The van der Waals surface area contributed by atoms with Crippen LogP contribution in [0.4, 0.5) is 0 Å². The molecule has 2 aliphatic heterocycles. The highest BCUT2D eigenvalue weighted by Gasteiger charge is 2.68.